The number of pyridine rings is 2. The molecule has 0 aliphatic heterocycles. The molecule has 4 aromatic heterocycles. The van der Waals surface area contributed by atoms with E-state index in [-0.39, 0.29) is 0 Å². The molecule has 0 amide bonds. The van der Waals surface area contributed by atoms with Crippen molar-refractivity contribution in [2.45, 2.75) is 19.3 Å². The van der Waals surface area contributed by atoms with Crippen LogP contribution in [0.15, 0.2) is 36.7 Å². The molecule has 1 saturated carbocycles. The highest BCUT2D eigenvalue weighted by Crippen LogP contribution is 2.36. The minimum atomic E-state index is 0.778. The van der Waals surface area contributed by atoms with Crippen LogP contribution in [-0.2, 0) is 13.5 Å². The zero-order valence-electron chi connectivity index (χ0n) is 12.9. The molecule has 1 fully saturated rings. The quantitative estimate of drug-likeness (QED) is 0.568. The fourth-order valence-electron chi connectivity index (χ4n) is 3.01. The van der Waals surface area contributed by atoms with Gasteiger partial charge in [-0.25, -0.2) is 9.97 Å². The van der Waals surface area contributed by atoms with Crippen molar-refractivity contribution in [2.24, 2.45) is 13.0 Å². The fraction of sp³-hybridized carbons (Fsp3) is 0.278. The van der Waals surface area contributed by atoms with Gasteiger partial charge in [0.1, 0.15) is 4.83 Å². The molecule has 1 aliphatic rings. The molecule has 0 saturated heterocycles. The minimum Gasteiger partial charge on any atom is -0.273 e. The van der Waals surface area contributed by atoms with Crippen LogP contribution in [0.25, 0.3) is 32.5 Å². The highest BCUT2D eigenvalue weighted by Gasteiger charge is 2.22. The predicted octanol–water partition coefficient (Wildman–Crippen LogP) is 4.20. The number of aromatic nitrogens is 4. The van der Waals surface area contributed by atoms with Crippen LogP contribution in [0.2, 0.25) is 0 Å². The van der Waals surface area contributed by atoms with Crippen LogP contribution in [0.5, 0.6) is 0 Å². The van der Waals surface area contributed by atoms with Gasteiger partial charge in [-0.1, -0.05) is 0 Å². The predicted molar refractivity (Wildman–Crippen MR) is 93.6 cm³/mol. The molecular weight excluding hydrogens is 304 g/mol. The Kier molecular flexibility index (Phi) is 2.79. The summed E-state index contributed by atoms with van der Waals surface area (Å²) in [5.41, 5.74) is 2.81. The number of aryl methyl sites for hydroxylation is 1. The normalized spacial score (nSPS) is 14.8. The Morgan fingerprint density at radius 3 is 3.00 bits per heavy atom. The highest BCUT2D eigenvalue weighted by atomic mass is 32.1. The standard InChI is InChI=1S/C18H16N4S/c1-22-10-14-7-13(9-19-17(14)21-22)16-5-4-12-8-15(6-11-2-3-11)23-18(12)20-16/h4-5,7-11H,2-3,6H2,1H3. The lowest BCUT2D eigenvalue weighted by molar-refractivity contribution is 0.776. The number of thiophene rings is 1. The summed E-state index contributed by atoms with van der Waals surface area (Å²) in [5.74, 6) is 0.916. The lowest BCUT2D eigenvalue weighted by atomic mass is 10.1. The molecule has 0 unspecified atom stereocenters. The summed E-state index contributed by atoms with van der Waals surface area (Å²) in [4.78, 5) is 11.9. The summed E-state index contributed by atoms with van der Waals surface area (Å²) in [5, 5.41) is 6.62. The largest absolute Gasteiger partial charge is 0.273 e. The van der Waals surface area contributed by atoms with E-state index in [2.05, 4.69) is 34.3 Å². The van der Waals surface area contributed by atoms with Gasteiger partial charge in [0.25, 0.3) is 0 Å². The third-order valence-corrected chi connectivity index (χ3v) is 5.46. The van der Waals surface area contributed by atoms with E-state index < -0.39 is 0 Å². The van der Waals surface area contributed by atoms with Crippen LogP contribution in [0.4, 0.5) is 0 Å². The van der Waals surface area contributed by atoms with E-state index in [1.165, 1.54) is 29.5 Å². The maximum absolute atomic E-state index is 4.86. The number of rotatable bonds is 3. The summed E-state index contributed by atoms with van der Waals surface area (Å²) in [6, 6.07) is 8.69. The van der Waals surface area contributed by atoms with Crippen molar-refractivity contribution in [1.29, 1.82) is 0 Å². The Labute approximate surface area is 137 Å². The van der Waals surface area contributed by atoms with E-state index in [0.717, 1.165) is 33.0 Å². The SMILES string of the molecule is Cn1cc2cc(-c3ccc4cc(CC5CC5)sc4n3)cnc2n1. The molecule has 5 rings (SSSR count). The zero-order chi connectivity index (χ0) is 15.4. The first kappa shape index (κ1) is 13.2. The van der Waals surface area contributed by atoms with Crippen LogP contribution >= 0.6 is 11.3 Å². The fourth-order valence-corrected chi connectivity index (χ4v) is 4.15. The molecule has 23 heavy (non-hydrogen) atoms. The Morgan fingerprint density at radius 2 is 2.13 bits per heavy atom. The summed E-state index contributed by atoms with van der Waals surface area (Å²) >= 11 is 1.83. The maximum Gasteiger partial charge on any atom is 0.181 e. The molecule has 114 valence electrons. The molecule has 0 bridgehead atoms. The molecule has 4 nitrogen and oxygen atoms in total. The zero-order valence-corrected chi connectivity index (χ0v) is 13.7. The highest BCUT2D eigenvalue weighted by molar-refractivity contribution is 7.18. The molecule has 0 aromatic carbocycles. The third-order valence-electron chi connectivity index (χ3n) is 4.39. The van der Waals surface area contributed by atoms with Gasteiger partial charge in [-0.3, -0.25) is 4.68 Å². The number of fused-ring (bicyclic) bond motifs is 2. The van der Waals surface area contributed by atoms with E-state index in [1.807, 2.05) is 30.8 Å². The summed E-state index contributed by atoms with van der Waals surface area (Å²) in [6.45, 7) is 0. The smallest absolute Gasteiger partial charge is 0.181 e. The van der Waals surface area contributed by atoms with Crippen LogP contribution in [0.1, 0.15) is 17.7 Å². The van der Waals surface area contributed by atoms with Crippen molar-refractivity contribution in [2.75, 3.05) is 0 Å². The van der Waals surface area contributed by atoms with Gasteiger partial charge >= 0.3 is 0 Å². The van der Waals surface area contributed by atoms with E-state index in [9.17, 15) is 0 Å². The minimum absolute atomic E-state index is 0.778. The Balaban J connectivity index is 1.56. The van der Waals surface area contributed by atoms with Crippen LogP contribution in [0.3, 0.4) is 0 Å². The van der Waals surface area contributed by atoms with Crippen LogP contribution in [-0.4, -0.2) is 19.7 Å². The topological polar surface area (TPSA) is 43.6 Å². The second kappa shape index (κ2) is 4.86. The van der Waals surface area contributed by atoms with Gasteiger partial charge in [0, 0.05) is 40.7 Å². The Hall–Kier alpha value is -2.27. The lowest BCUT2D eigenvalue weighted by Gasteiger charge is -2.00. The maximum atomic E-state index is 4.86. The van der Waals surface area contributed by atoms with Gasteiger partial charge in [0.15, 0.2) is 5.65 Å². The van der Waals surface area contributed by atoms with Crippen molar-refractivity contribution in [3.05, 3.63) is 41.5 Å². The second-order valence-corrected chi connectivity index (χ2v) is 7.51. The third kappa shape index (κ3) is 2.41. The first-order valence-electron chi connectivity index (χ1n) is 7.94. The lowest BCUT2D eigenvalue weighted by Crippen LogP contribution is -1.86. The Morgan fingerprint density at radius 1 is 1.22 bits per heavy atom. The summed E-state index contributed by atoms with van der Waals surface area (Å²) in [7, 11) is 1.92. The van der Waals surface area contributed by atoms with Gasteiger partial charge in [-0.05, 0) is 49.4 Å². The van der Waals surface area contributed by atoms with Crippen molar-refractivity contribution < 1.29 is 0 Å². The number of hydrogen-bond donors (Lipinski definition) is 0. The molecule has 1 aliphatic carbocycles. The Bertz CT molecular complexity index is 1030. The molecule has 0 N–H and O–H groups in total. The van der Waals surface area contributed by atoms with Gasteiger partial charge in [-0.15, -0.1) is 11.3 Å². The monoisotopic (exact) mass is 320 g/mol. The first-order chi connectivity index (χ1) is 11.2. The molecule has 4 heterocycles. The van der Waals surface area contributed by atoms with Gasteiger partial charge < -0.3 is 0 Å². The second-order valence-electron chi connectivity index (χ2n) is 6.39. The summed E-state index contributed by atoms with van der Waals surface area (Å²) < 4.78 is 1.79. The van der Waals surface area contributed by atoms with Crippen LogP contribution in [0, 0.1) is 5.92 Å². The van der Waals surface area contributed by atoms with Crippen molar-refractivity contribution in [3.8, 4) is 11.3 Å². The van der Waals surface area contributed by atoms with E-state index in [4.69, 9.17) is 4.98 Å². The van der Waals surface area contributed by atoms with Gasteiger partial charge in [0.2, 0.25) is 0 Å². The van der Waals surface area contributed by atoms with Crippen molar-refractivity contribution in [1.82, 2.24) is 19.7 Å². The first-order valence-corrected chi connectivity index (χ1v) is 8.75. The van der Waals surface area contributed by atoms with Gasteiger partial charge in [-0.2, -0.15) is 5.10 Å². The van der Waals surface area contributed by atoms with Gasteiger partial charge in [0.05, 0.1) is 5.69 Å². The molecule has 0 radical (unpaired) electrons. The average molecular weight is 320 g/mol. The molecule has 0 spiro atoms. The van der Waals surface area contributed by atoms with Crippen LogP contribution < -0.4 is 0 Å². The average Bonchev–Trinajstić information content (AvgIpc) is 3.13. The molecule has 0 atom stereocenters. The summed E-state index contributed by atoms with van der Waals surface area (Å²) in [6.07, 6.45) is 7.86. The van der Waals surface area contributed by atoms with E-state index in [1.54, 1.807) is 4.68 Å². The number of nitrogens with zero attached hydrogens (tertiary/aromatic N) is 4. The molecule has 4 aromatic rings. The molecular formula is C18H16N4S. The van der Waals surface area contributed by atoms with Crippen molar-refractivity contribution >= 4 is 32.6 Å². The van der Waals surface area contributed by atoms with E-state index >= 15 is 0 Å². The number of hydrogen-bond acceptors (Lipinski definition) is 4. The van der Waals surface area contributed by atoms with E-state index in [0.29, 0.717) is 0 Å². The van der Waals surface area contributed by atoms with Crippen molar-refractivity contribution in [3.63, 3.8) is 0 Å². The molecule has 5 heteroatoms.